The standard InChI is InChI=1S/C26H32N2O5/c1-25(2,23(30)31)13-14-27-22(29)15-26(3,4)28-24(32)33-16-21-19-11-7-5-9-17(19)18-10-6-8-12-20(18)21/h5-12,21H,13-16H2,1-4H3,(H,27,29)(H,28,32)(H,30,31). The van der Waals surface area contributed by atoms with Crippen LogP contribution in [0.15, 0.2) is 48.5 Å². The van der Waals surface area contributed by atoms with E-state index < -0.39 is 23.0 Å². The van der Waals surface area contributed by atoms with Crippen molar-refractivity contribution in [2.45, 2.75) is 52.0 Å². The van der Waals surface area contributed by atoms with E-state index in [9.17, 15) is 14.4 Å². The van der Waals surface area contributed by atoms with Crippen LogP contribution in [0.2, 0.25) is 0 Å². The third kappa shape index (κ3) is 5.92. The van der Waals surface area contributed by atoms with E-state index in [-0.39, 0.29) is 31.4 Å². The number of hydrogen-bond donors (Lipinski definition) is 3. The number of rotatable bonds is 9. The Hall–Kier alpha value is -3.35. The van der Waals surface area contributed by atoms with Crippen LogP contribution in [-0.4, -0.2) is 41.8 Å². The zero-order chi connectivity index (χ0) is 24.2. The Balaban J connectivity index is 1.51. The lowest BCUT2D eigenvalue weighted by molar-refractivity contribution is -0.147. The summed E-state index contributed by atoms with van der Waals surface area (Å²) in [6.07, 6.45) is -0.222. The Bertz CT molecular complexity index is 999. The Kier molecular flexibility index (Phi) is 7.10. The summed E-state index contributed by atoms with van der Waals surface area (Å²) >= 11 is 0. The summed E-state index contributed by atoms with van der Waals surface area (Å²) in [6, 6.07) is 16.2. The lowest BCUT2D eigenvalue weighted by Gasteiger charge is -2.26. The van der Waals surface area contributed by atoms with Crippen LogP contribution in [0.1, 0.15) is 57.6 Å². The van der Waals surface area contributed by atoms with E-state index in [0.717, 1.165) is 22.3 Å². The molecule has 0 aliphatic heterocycles. The number of nitrogens with one attached hydrogen (secondary N) is 2. The predicted octanol–water partition coefficient (Wildman–Crippen LogP) is 4.31. The molecule has 33 heavy (non-hydrogen) atoms. The van der Waals surface area contributed by atoms with Gasteiger partial charge in [-0.3, -0.25) is 9.59 Å². The monoisotopic (exact) mass is 452 g/mol. The molecule has 0 bridgehead atoms. The van der Waals surface area contributed by atoms with E-state index >= 15 is 0 Å². The molecule has 1 aliphatic rings. The Morgan fingerprint density at radius 1 is 0.939 bits per heavy atom. The maximum atomic E-state index is 12.5. The molecule has 2 aromatic carbocycles. The van der Waals surface area contributed by atoms with Gasteiger partial charge in [0.25, 0.3) is 0 Å². The second kappa shape index (κ2) is 9.65. The summed E-state index contributed by atoms with van der Waals surface area (Å²) in [5, 5.41) is 14.7. The zero-order valence-corrected chi connectivity index (χ0v) is 19.6. The molecule has 0 unspecified atom stereocenters. The smallest absolute Gasteiger partial charge is 0.407 e. The molecule has 0 radical (unpaired) electrons. The molecule has 0 heterocycles. The quantitative estimate of drug-likeness (QED) is 0.526. The molecule has 0 fully saturated rings. The maximum absolute atomic E-state index is 12.5. The van der Waals surface area contributed by atoms with Gasteiger partial charge in [-0.15, -0.1) is 0 Å². The van der Waals surface area contributed by atoms with E-state index in [1.165, 1.54) is 0 Å². The molecule has 176 valence electrons. The molecular weight excluding hydrogens is 420 g/mol. The highest BCUT2D eigenvalue weighted by Gasteiger charge is 2.31. The fourth-order valence-corrected chi connectivity index (χ4v) is 4.04. The van der Waals surface area contributed by atoms with Crippen LogP contribution in [0.3, 0.4) is 0 Å². The van der Waals surface area contributed by atoms with Crippen molar-refractivity contribution in [2.24, 2.45) is 5.41 Å². The van der Waals surface area contributed by atoms with Crippen molar-refractivity contribution >= 4 is 18.0 Å². The van der Waals surface area contributed by atoms with Crippen LogP contribution in [0, 0.1) is 5.41 Å². The van der Waals surface area contributed by atoms with Crippen molar-refractivity contribution in [3.63, 3.8) is 0 Å². The molecule has 1 aliphatic carbocycles. The molecule has 0 atom stereocenters. The number of alkyl carbamates (subject to hydrolysis) is 1. The van der Waals surface area contributed by atoms with Gasteiger partial charge in [0, 0.05) is 24.4 Å². The van der Waals surface area contributed by atoms with Crippen LogP contribution in [0.4, 0.5) is 4.79 Å². The molecule has 7 nitrogen and oxygen atoms in total. The fraction of sp³-hybridized carbons (Fsp3) is 0.423. The average Bonchev–Trinajstić information content (AvgIpc) is 3.05. The molecule has 2 amide bonds. The van der Waals surface area contributed by atoms with Crippen LogP contribution < -0.4 is 10.6 Å². The van der Waals surface area contributed by atoms with Gasteiger partial charge in [-0.1, -0.05) is 48.5 Å². The van der Waals surface area contributed by atoms with Crippen LogP contribution in [0.25, 0.3) is 11.1 Å². The Labute approximate surface area is 194 Å². The first-order chi connectivity index (χ1) is 15.5. The minimum absolute atomic E-state index is 0.0350. The first kappa shape index (κ1) is 24.3. The van der Waals surface area contributed by atoms with Gasteiger partial charge in [0.15, 0.2) is 0 Å². The van der Waals surface area contributed by atoms with Gasteiger partial charge < -0.3 is 20.5 Å². The molecular formula is C26H32N2O5. The van der Waals surface area contributed by atoms with E-state index in [0.29, 0.717) is 6.42 Å². The summed E-state index contributed by atoms with van der Waals surface area (Å²) in [5.74, 6) is -1.21. The van der Waals surface area contributed by atoms with Gasteiger partial charge in [0.2, 0.25) is 5.91 Å². The van der Waals surface area contributed by atoms with Gasteiger partial charge in [0.05, 0.1) is 5.41 Å². The van der Waals surface area contributed by atoms with Gasteiger partial charge >= 0.3 is 12.1 Å². The average molecular weight is 453 g/mol. The number of aliphatic carboxylic acids is 1. The number of carbonyl (C=O) groups excluding carboxylic acids is 2. The molecule has 0 aromatic heterocycles. The summed E-state index contributed by atoms with van der Waals surface area (Å²) in [5.41, 5.74) is 2.84. The van der Waals surface area contributed by atoms with Gasteiger partial charge in [-0.05, 0) is 56.4 Å². The molecule has 0 saturated heterocycles. The molecule has 7 heteroatoms. The number of hydrogen-bond acceptors (Lipinski definition) is 4. The number of carboxylic acid groups (broad SMARTS) is 1. The number of benzene rings is 2. The highest BCUT2D eigenvalue weighted by molar-refractivity contribution is 5.80. The normalized spacial score (nSPS) is 13.1. The molecule has 2 aromatic rings. The lowest BCUT2D eigenvalue weighted by Crippen LogP contribution is -2.47. The highest BCUT2D eigenvalue weighted by atomic mass is 16.5. The molecule has 0 spiro atoms. The third-order valence-corrected chi connectivity index (χ3v) is 6.04. The van der Waals surface area contributed by atoms with Crippen molar-refractivity contribution in [1.29, 1.82) is 0 Å². The van der Waals surface area contributed by atoms with Crippen molar-refractivity contribution in [3.05, 3.63) is 59.7 Å². The topological polar surface area (TPSA) is 105 Å². The van der Waals surface area contributed by atoms with E-state index in [4.69, 9.17) is 9.84 Å². The van der Waals surface area contributed by atoms with Crippen LogP contribution in [0.5, 0.6) is 0 Å². The minimum atomic E-state index is -0.914. The maximum Gasteiger partial charge on any atom is 0.407 e. The molecule has 0 saturated carbocycles. The lowest BCUT2D eigenvalue weighted by atomic mass is 9.89. The van der Waals surface area contributed by atoms with Gasteiger partial charge in [-0.25, -0.2) is 4.79 Å². The van der Waals surface area contributed by atoms with Crippen molar-refractivity contribution in [2.75, 3.05) is 13.2 Å². The predicted molar refractivity (Wildman–Crippen MR) is 126 cm³/mol. The third-order valence-electron chi connectivity index (χ3n) is 6.04. The van der Waals surface area contributed by atoms with E-state index in [1.807, 2.05) is 24.3 Å². The summed E-state index contributed by atoms with van der Waals surface area (Å²) in [4.78, 5) is 36.0. The Morgan fingerprint density at radius 3 is 2.03 bits per heavy atom. The number of carbonyl (C=O) groups is 3. The van der Waals surface area contributed by atoms with Crippen molar-refractivity contribution in [1.82, 2.24) is 10.6 Å². The number of carboxylic acids is 1. The molecule has 3 rings (SSSR count). The number of ether oxygens (including phenoxy) is 1. The first-order valence-corrected chi connectivity index (χ1v) is 11.1. The van der Waals surface area contributed by atoms with Gasteiger partial charge in [-0.2, -0.15) is 0 Å². The van der Waals surface area contributed by atoms with E-state index in [2.05, 4.69) is 34.9 Å². The van der Waals surface area contributed by atoms with Crippen LogP contribution in [-0.2, 0) is 14.3 Å². The number of amides is 2. The highest BCUT2D eigenvalue weighted by Crippen LogP contribution is 2.44. The summed E-state index contributed by atoms with van der Waals surface area (Å²) in [6.45, 7) is 7.17. The number of fused-ring (bicyclic) bond motifs is 3. The van der Waals surface area contributed by atoms with E-state index in [1.54, 1.807) is 27.7 Å². The molecule has 3 N–H and O–H groups in total. The fourth-order valence-electron chi connectivity index (χ4n) is 4.04. The summed E-state index contributed by atoms with van der Waals surface area (Å²) in [7, 11) is 0. The largest absolute Gasteiger partial charge is 0.481 e. The van der Waals surface area contributed by atoms with Gasteiger partial charge in [0.1, 0.15) is 6.61 Å². The SMILES string of the molecule is CC(C)(CC(=O)NCCC(C)(C)C(=O)O)NC(=O)OCC1c2ccccc2-c2ccccc21. The van der Waals surface area contributed by atoms with Crippen LogP contribution >= 0.6 is 0 Å². The minimum Gasteiger partial charge on any atom is -0.481 e. The van der Waals surface area contributed by atoms with Crippen molar-refractivity contribution in [3.8, 4) is 11.1 Å². The second-order valence-electron chi connectivity index (χ2n) is 9.80. The van der Waals surface area contributed by atoms with Crippen molar-refractivity contribution < 1.29 is 24.2 Å². The summed E-state index contributed by atoms with van der Waals surface area (Å²) < 4.78 is 5.56. The Morgan fingerprint density at radius 2 is 1.48 bits per heavy atom. The second-order valence-corrected chi connectivity index (χ2v) is 9.80. The first-order valence-electron chi connectivity index (χ1n) is 11.1. The zero-order valence-electron chi connectivity index (χ0n) is 19.6.